The van der Waals surface area contributed by atoms with Crippen LogP contribution in [0.15, 0.2) is 54.6 Å². The molecule has 3 aromatic carbocycles. The maximum atomic E-state index is 13.6. The number of hydrogen-bond acceptors (Lipinski definition) is 2. The quantitative estimate of drug-likeness (QED) is 0.0862. The molecule has 0 amide bonds. The molecule has 0 bridgehead atoms. The van der Waals surface area contributed by atoms with Crippen LogP contribution in [-0.4, -0.2) is 5.97 Å². The van der Waals surface area contributed by atoms with Gasteiger partial charge in [-0.15, -0.1) is 0 Å². The highest BCUT2D eigenvalue weighted by molar-refractivity contribution is 5.75. The lowest BCUT2D eigenvalue weighted by Crippen LogP contribution is -2.29. The molecule has 0 atom stereocenters. The number of rotatable bonds is 15. The number of aryl methyl sites for hydroxylation is 4. The first-order valence-corrected chi connectivity index (χ1v) is 30.1. The molecular weight excluding hydrogens is 882 g/mol. The zero-order valence-corrected chi connectivity index (χ0v) is 45.1. The minimum Gasteiger partial charge on any atom is -0.426 e. The first-order chi connectivity index (χ1) is 34.6. The normalized spacial score (nSPS) is 25.8. The van der Waals surface area contributed by atoms with Gasteiger partial charge in [-0.05, 0) is 192 Å². The summed E-state index contributed by atoms with van der Waals surface area (Å²) in [5.74, 6) is 7.74. The van der Waals surface area contributed by atoms with E-state index in [-0.39, 0.29) is 23.3 Å². The van der Waals surface area contributed by atoms with Crippen LogP contribution < -0.4 is 4.74 Å². The van der Waals surface area contributed by atoms with Crippen molar-refractivity contribution in [3.63, 3.8) is 0 Å². The van der Waals surface area contributed by atoms with Crippen molar-refractivity contribution in [2.24, 2.45) is 53.3 Å². The zero-order chi connectivity index (χ0) is 49.8. The van der Waals surface area contributed by atoms with Gasteiger partial charge < -0.3 is 4.74 Å². The van der Waals surface area contributed by atoms with Gasteiger partial charge in [0.05, 0.1) is 5.92 Å². The lowest BCUT2D eigenvalue weighted by atomic mass is 9.70. The molecule has 5 heteroatoms. The average molecular weight is 979 g/mol. The molecule has 6 saturated carbocycles. The Morgan fingerprint density at radius 1 is 0.437 bits per heavy atom. The summed E-state index contributed by atoms with van der Waals surface area (Å²) in [5, 5.41) is 0. The van der Waals surface area contributed by atoms with E-state index >= 15 is 0 Å². The summed E-state index contributed by atoms with van der Waals surface area (Å²) in [6, 6.07) is 16.5. The van der Waals surface area contributed by atoms with Gasteiger partial charge in [-0.3, -0.25) is 4.79 Å². The summed E-state index contributed by atoms with van der Waals surface area (Å²) in [7, 11) is 0. The van der Waals surface area contributed by atoms with Crippen LogP contribution in [0.2, 0.25) is 0 Å². The second-order valence-electron chi connectivity index (χ2n) is 24.4. The third-order valence-electron chi connectivity index (χ3n) is 19.3. The molecule has 0 aliphatic heterocycles. The summed E-state index contributed by atoms with van der Waals surface area (Å²) in [6.45, 7) is 5.37. The predicted octanol–water partition coefficient (Wildman–Crippen LogP) is 19.9. The van der Waals surface area contributed by atoms with Crippen molar-refractivity contribution in [2.75, 3.05) is 0 Å². The van der Waals surface area contributed by atoms with Crippen LogP contribution in [0.3, 0.4) is 0 Å². The van der Waals surface area contributed by atoms with Gasteiger partial charge in [0, 0.05) is 5.56 Å². The van der Waals surface area contributed by atoms with Gasteiger partial charge in [-0.25, -0.2) is 13.2 Å². The third kappa shape index (κ3) is 18.4. The van der Waals surface area contributed by atoms with Gasteiger partial charge in [0.1, 0.15) is 23.2 Å². The molecule has 0 saturated heterocycles. The molecule has 0 heterocycles. The van der Waals surface area contributed by atoms with Crippen LogP contribution in [-0.2, 0) is 17.6 Å². The number of hydrogen-bond donors (Lipinski definition) is 0. The Morgan fingerprint density at radius 2 is 0.831 bits per heavy atom. The van der Waals surface area contributed by atoms with Gasteiger partial charge in [0.25, 0.3) is 0 Å². The molecule has 6 aliphatic carbocycles. The van der Waals surface area contributed by atoms with Crippen LogP contribution in [0.4, 0.5) is 13.2 Å². The second kappa shape index (κ2) is 29.7. The van der Waals surface area contributed by atoms with Crippen LogP contribution in [0.25, 0.3) is 0 Å². The highest BCUT2D eigenvalue weighted by Crippen LogP contribution is 2.43. The predicted molar refractivity (Wildman–Crippen MR) is 290 cm³/mol. The van der Waals surface area contributed by atoms with Gasteiger partial charge in [-0.2, -0.15) is 0 Å². The van der Waals surface area contributed by atoms with E-state index < -0.39 is 11.6 Å². The van der Waals surface area contributed by atoms with Crippen molar-refractivity contribution >= 4 is 5.97 Å². The number of esters is 1. The molecule has 0 spiro atoms. The fraction of sp³-hybridized carbons (Fsp3) is 0.712. The Morgan fingerprint density at radius 3 is 1.27 bits per heavy atom. The summed E-state index contributed by atoms with van der Waals surface area (Å²) >= 11 is 0. The summed E-state index contributed by atoms with van der Waals surface area (Å²) in [4.78, 5) is 12.3. The topological polar surface area (TPSA) is 26.3 Å². The highest BCUT2D eigenvalue weighted by atomic mass is 19.1. The van der Waals surface area contributed by atoms with Gasteiger partial charge in [0.2, 0.25) is 0 Å². The fourth-order valence-corrected chi connectivity index (χ4v) is 14.5. The minimum atomic E-state index is -0.406. The molecule has 0 N–H and O–H groups in total. The summed E-state index contributed by atoms with van der Waals surface area (Å²) in [6.07, 6.45) is 47.4. The number of carbonyl (C=O) groups excluding carboxylic acids is 1. The van der Waals surface area contributed by atoms with Crippen molar-refractivity contribution in [3.8, 4) is 5.75 Å². The van der Waals surface area contributed by atoms with Crippen molar-refractivity contribution in [1.82, 2.24) is 0 Å². The SMILES string of the molecule is Cc1c(F)cc(CCCCC2CCC(C3CCCCC3)CC2)cc1F.Cc1ccc(CCCCC2CCC(C3CCCCC3)CC2)cc1F.Cc1ccc(OC(=O)C2CCC(C3CCCCC3)CC2)cc1. The second-order valence-corrected chi connectivity index (χ2v) is 24.4. The molecule has 394 valence electrons. The number of ether oxygens (including phenoxy) is 1. The van der Waals surface area contributed by atoms with E-state index in [0.29, 0.717) is 5.75 Å². The van der Waals surface area contributed by atoms with Crippen molar-refractivity contribution < 1.29 is 22.7 Å². The lowest BCUT2D eigenvalue weighted by Gasteiger charge is -2.36. The Labute approximate surface area is 431 Å². The number of halogens is 3. The smallest absolute Gasteiger partial charge is 0.314 e. The summed E-state index contributed by atoms with van der Waals surface area (Å²) < 4.78 is 46.3. The van der Waals surface area contributed by atoms with E-state index in [1.807, 2.05) is 44.2 Å². The first kappa shape index (κ1) is 55.7. The number of carbonyl (C=O) groups is 1. The van der Waals surface area contributed by atoms with Crippen molar-refractivity contribution in [3.05, 3.63) is 99.9 Å². The number of unbranched alkanes of at least 4 members (excludes halogenated alkanes) is 2. The average Bonchev–Trinajstić information content (AvgIpc) is 3.41. The Kier molecular flexibility index (Phi) is 23.3. The van der Waals surface area contributed by atoms with E-state index in [9.17, 15) is 18.0 Å². The van der Waals surface area contributed by atoms with Gasteiger partial charge >= 0.3 is 5.97 Å². The highest BCUT2D eigenvalue weighted by Gasteiger charge is 2.33. The fourth-order valence-electron chi connectivity index (χ4n) is 14.5. The van der Waals surface area contributed by atoms with E-state index in [1.54, 1.807) is 6.07 Å². The molecule has 0 aromatic heterocycles. The van der Waals surface area contributed by atoms with Crippen LogP contribution in [0.5, 0.6) is 5.75 Å². The Bertz CT molecular complexity index is 1940. The van der Waals surface area contributed by atoms with E-state index in [1.165, 1.54) is 223 Å². The van der Waals surface area contributed by atoms with E-state index in [4.69, 9.17) is 4.74 Å². The monoisotopic (exact) mass is 979 g/mol. The Balaban J connectivity index is 0.000000157. The third-order valence-corrected chi connectivity index (χ3v) is 19.3. The van der Waals surface area contributed by atoms with E-state index in [2.05, 4.69) is 6.07 Å². The summed E-state index contributed by atoms with van der Waals surface area (Å²) in [5.41, 5.74) is 4.06. The molecule has 71 heavy (non-hydrogen) atoms. The Hall–Kier alpha value is -3.08. The maximum absolute atomic E-state index is 13.6. The first-order valence-electron chi connectivity index (χ1n) is 30.1. The van der Waals surface area contributed by atoms with Gasteiger partial charge in [-0.1, -0.05) is 178 Å². The number of benzene rings is 3. The van der Waals surface area contributed by atoms with Gasteiger partial charge in [0.15, 0.2) is 0 Å². The molecule has 6 aliphatic rings. The minimum absolute atomic E-state index is 0.0223. The molecule has 6 fully saturated rings. The molecule has 0 unspecified atom stereocenters. The maximum Gasteiger partial charge on any atom is 0.314 e. The van der Waals surface area contributed by atoms with Crippen LogP contribution in [0.1, 0.15) is 240 Å². The largest absolute Gasteiger partial charge is 0.426 e. The molecule has 2 nitrogen and oxygen atoms in total. The zero-order valence-electron chi connectivity index (χ0n) is 45.1. The molecule has 9 rings (SSSR count). The van der Waals surface area contributed by atoms with Crippen LogP contribution in [0, 0.1) is 91.5 Å². The standard InChI is InChI=1S/C23H34F2.C23H35F.C20H28O2/c1-17-22(24)15-19(16-23(17)25)8-6-5-7-18-11-13-21(14-12-18)20-9-3-2-4-10-20;1-18-11-12-20(17-23(18)24)8-6-5-7-19-13-15-22(16-14-19)21-9-3-2-4-10-21;1-15-7-13-19(14-8-15)22-20(21)18-11-9-17(10-12-18)16-5-3-2-4-6-16/h15-16,18,20-21H,2-14H2,1H3;11-12,17,19,21-22H,2-10,13-16H2,1H3;7-8,13-14,16-18H,2-6,9-12H2,1H3. The van der Waals surface area contributed by atoms with E-state index in [0.717, 1.165) is 90.6 Å². The van der Waals surface area contributed by atoms with Crippen LogP contribution >= 0.6 is 0 Å². The molecular formula is C66H97F3O2. The van der Waals surface area contributed by atoms with Crippen molar-refractivity contribution in [1.29, 1.82) is 0 Å². The molecule has 3 aromatic rings. The molecule has 0 radical (unpaired) electrons. The van der Waals surface area contributed by atoms with Crippen molar-refractivity contribution in [2.45, 2.75) is 245 Å². The lowest BCUT2D eigenvalue weighted by molar-refractivity contribution is -0.140.